The van der Waals surface area contributed by atoms with Crippen molar-refractivity contribution in [3.8, 4) is 0 Å². The smallest absolute Gasteiger partial charge is 0.185 e. The number of hydrogen-bond donors (Lipinski definition) is 1. The molecular formula is C13H23N3OS. The summed E-state index contributed by atoms with van der Waals surface area (Å²) in [5.74, 6) is 0. The molecule has 0 aliphatic carbocycles. The van der Waals surface area contributed by atoms with Gasteiger partial charge in [0.05, 0.1) is 16.9 Å². The topological polar surface area (TPSA) is 37.4 Å². The molecule has 102 valence electrons. The van der Waals surface area contributed by atoms with Crippen LogP contribution >= 0.6 is 11.3 Å². The predicted octanol–water partition coefficient (Wildman–Crippen LogP) is 2.26. The number of ether oxygens (including phenoxy) is 1. The molecule has 2 rings (SSSR count). The fraction of sp³-hybridized carbons (Fsp3) is 0.769. The van der Waals surface area contributed by atoms with Crippen LogP contribution in [-0.2, 0) is 11.3 Å². The third kappa shape index (κ3) is 3.22. The second-order valence-electron chi connectivity index (χ2n) is 6.13. The molecule has 0 atom stereocenters. The van der Waals surface area contributed by atoms with E-state index in [9.17, 15) is 0 Å². The molecule has 1 fully saturated rings. The van der Waals surface area contributed by atoms with Gasteiger partial charge in [-0.1, -0.05) is 0 Å². The van der Waals surface area contributed by atoms with Crippen LogP contribution in [0.3, 0.4) is 0 Å². The van der Waals surface area contributed by atoms with Crippen LogP contribution in [-0.4, -0.2) is 36.3 Å². The number of aromatic nitrogens is 1. The average Bonchev–Trinajstić information content (AvgIpc) is 2.62. The summed E-state index contributed by atoms with van der Waals surface area (Å²) in [6, 6.07) is 0. The summed E-state index contributed by atoms with van der Waals surface area (Å²) >= 11 is 1.72. The molecule has 1 aliphatic rings. The highest BCUT2D eigenvalue weighted by Gasteiger charge is 2.38. The number of nitrogens with one attached hydrogen (secondary N) is 1. The summed E-state index contributed by atoms with van der Waals surface area (Å²) in [6.07, 6.45) is 0. The van der Waals surface area contributed by atoms with E-state index >= 15 is 0 Å². The van der Waals surface area contributed by atoms with E-state index in [2.05, 4.69) is 48.3 Å². The Balaban J connectivity index is 2.16. The normalized spacial score (nSPS) is 22.2. The van der Waals surface area contributed by atoms with Crippen molar-refractivity contribution in [2.24, 2.45) is 0 Å². The molecule has 0 bridgehead atoms. The zero-order valence-electron chi connectivity index (χ0n) is 11.9. The summed E-state index contributed by atoms with van der Waals surface area (Å²) in [5, 5.41) is 6.36. The van der Waals surface area contributed by atoms with Crippen LogP contribution in [0.5, 0.6) is 0 Å². The van der Waals surface area contributed by atoms with Crippen molar-refractivity contribution < 1.29 is 4.74 Å². The largest absolute Gasteiger partial charge is 0.366 e. The quantitative estimate of drug-likeness (QED) is 0.913. The first kappa shape index (κ1) is 13.8. The van der Waals surface area contributed by atoms with Crippen LogP contribution in [0.1, 0.15) is 33.4 Å². The molecule has 1 saturated heterocycles. The van der Waals surface area contributed by atoms with Crippen LogP contribution in [0.25, 0.3) is 0 Å². The van der Waals surface area contributed by atoms with Crippen LogP contribution in [0.15, 0.2) is 5.38 Å². The highest BCUT2D eigenvalue weighted by atomic mass is 32.1. The third-order valence-corrected chi connectivity index (χ3v) is 3.81. The molecule has 1 aromatic rings. The number of nitrogens with zero attached hydrogens (tertiary/aromatic N) is 2. The van der Waals surface area contributed by atoms with Crippen molar-refractivity contribution in [3.05, 3.63) is 11.1 Å². The molecule has 1 aliphatic heterocycles. The maximum absolute atomic E-state index is 6.09. The Morgan fingerprint density at radius 2 is 1.94 bits per heavy atom. The van der Waals surface area contributed by atoms with Gasteiger partial charge in [-0.15, -0.1) is 11.3 Å². The minimum absolute atomic E-state index is 0.128. The van der Waals surface area contributed by atoms with Crippen molar-refractivity contribution in [1.82, 2.24) is 10.3 Å². The molecular weight excluding hydrogens is 246 g/mol. The maximum Gasteiger partial charge on any atom is 0.185 e. The summed E-state index contributed by atoms with van der Waals surface area (Å²) in [5.41, 5.74) is 0.854. The van der Waals surface area contributed by atoms with Gasteiger partial charge in [0.15, 0.2) is 5.13 Å². The first-order valence-electron chi connectivity index (χ1n) is 6.35. The van der Waals surface area contributed by atoms with Crippen molar-refractivity contribution in [1.29, 1.82) is 0 Å². The molecule has 0 aromatic carbocycles. The lowest BCUT2D eigenvalue weighted by Gasteiger charge is -2.47. The monoisotopic (exact) mass is 269 g/mol. The Hall–Kier alpha value is -0.650. The minimum atomic E-state index is -0.128. The second kappa shape index (κ2) is 4.79. The number of rotatable bonds is 3. The number of anilines is 1. The van der Waals surface area contributed by atoms with E-state index in [-0.39, 0.29) is 11.2 Å². The molecule has 5 heteroatoms. The molecule has 4 nitrogen and oxygen atoms in total. The maximum atomic E-state index is 6.09. The van der Waals surface area contributed by atoms with Gasteiger partial charge in [0.25, 0.3) is 0 Å². The number of morpholine rings is 1. The third-order valence-electron chi connectivity index (χ3n) is 2.86. The molecule has 0 radical (unpaired) electrons. The van der Waals surface area contributed by atoms with Crippen molar-refractivity contribution in [2.45, 2.75) is 45.4 Å². The van der Waals surface area contributed by atoms with Crippen molar-refractivity contribution >= 4 is 16.5 Å². The predicted molar refractivity (Wildman–Crippen MR) is 76.3 cm³/mol. The zero-order chi connectivity index (χ0) is 13.4. The van der Waals surface area contributed by atoms with Gasteiger partial charge < -0.3 is 15.0 Å². The first-order valence-corrected chi connectivity index (χ1v) is 7.23. The lowest BCUT2D eigenvalue weighted by atomic mass is 9.99. The van der Waals surface area contributed by atoms with E-state index in [0.717, 1.165) is 30.5 Å². The van der Waals surface area contributed by atoms with Gasteiger partial charge in [0.1, 0.15) is 0 Å². The summed E-state index contributed by atoms with van der Waals surface area (Å²) < 4.78 is 6.09. The highest BCUT2D eigenvalue weighted by molar-refractivity contribution is 7.13. The molecule has 0 unspecified atom stereocenters. The molecule has 0 spiro atoms. The van der Waals surface area contributed by atoms with E-state index < -0.39 is 0 Å². The lowest BCUT2D eigenvalue weighted by molar-refractivity contribution is -0.133. The Morgan fingerprint density at radius 1 is 1.33 bits per heavy atom. The molecule has 18 heavy (non-hydrogen) atoms. The zero-order valence-corrected chi connectivity index (χ0v) is 12.7. The Morgan fingerprint density at radius 3 is 2.50 bits per heavy atom. The fourth-order valence-electron chi connectivity index (χ4n) is 2.63. The van der Waals surface area contributed by atoms with Gasteiger partial charge >= 0.3 is 0 Å². The highest BCUT2D eigenvalue weighted by Crippen LogP contribution is 2.32. The molecule has 1 aromatic heterocycles. The minimum Gasteiger partial charge on any atom is -0.366 e. The van der Waals surface area contributed by atoms with E-state index in [1.807, 2.05) is 7.05 Å². The van der Waals surface area contributed by atoms with E-state index in [1.165, 1.54) is 0 Å². The Labute approximate surface area is 113 Å². The van der Waals surface area contributed by atoms with Crippen LogP contribution < -0.4 is 10.2 Å². The van der Waals surface area contributed by atoms with Crippen molar-refractivity contribution in [3.63, 3.8) is 0 Å². The van der Waals surface area contributed by atoms with E-state index in [4.69, 9.17) is 4.74 Å². The van der Waals surface area contributed by atoms with E-state index in [0.29, 0.717) is 0 Å². The van der Waals surface area contributed by atoms with Gasteiger partial charge in [-0.3, -0.25) is 0 Å². The van der Waals surface area contributed by atoms with Gasteiger partial charge in [-0.25, -0.2) is 4.98 Å². The number of thiazole rings is 1. The molecule has 0 saturated carbocycles. The first-order chi connectivity index (χ1) is 8.31. The van der Waals surface area contributed by atoms with Gasteiger partial charge in [-0.05, 0) is 34.7 Å². The summed E-state index contributed by atoms with van der Waals surface area (Å²) in [4.78, 5) is 7.02. The van der Waals surface area contributed by atoms with Gasteiger partial charge in [0, 0.05) is 25.0 Å². The Kier molecular flexibility index (Phi) is 3.67. The standard InChI is InChI=1S/C13H23N3OS/c1-12(2)8-16(9-13(3,4)17-12)11-15-10(6-14-5)7-18-11/h7,14H,6,8-9H2,1-5H3. The molecule has 1 N–H and O–H groups in total. The fourth-order valence-corrected chi connectivity index (χ4v) is 3.45. The average molecular weight is 269 g/mol. The van der Waals surface area contributed by atoms with Crippen molar-refractivity contribution in [2.75, 3.05) is 25.0 Å². The Bertz CT molecular complexity index is 398. The van der Waals surface area contributed by atoms with Crippen LogP contribution in [0.4, 0.5) is 5.13 Å². The van der Waals surface area contributed by atoms with Crippen LogP contribution in [0.2, 0.25) is 0 Å². The molecule has 2 heterocycles. The molecule has 0 amide bonds. The lowest BCUT2D eigenvalue weighted by Crippen LogP contribution is -2.57. The van der Waals surface area contributed by atoms with E-state index in [1.54, 1.807) is 11.3 Å². The van der Waals surface area contributed by atoms with Gasteiger partial charge in [-0.2, -0.15) is 0 Å². The SMILES string of the molecule is CNCc1csc(N2CC(C)(C)OC(C)(C)C2)n1. The van der Waals surface area contributed by atoms with Gasteiger partial charge in [0.2, 0.25) is 0 Å². The second-order valence-corrected chi connectivity index (χ2v) is 6.97. The summed E-state index contributed by atoms with van der Waals surface area (Å²) in [7, 11) is 1.94. The summed E-state index contributed by atoms with van der Waals surface area (Å²) in [6.45, 7) is 11.2. The number of hydrogen-bond acceptors (Lipinski definition) is 5. The van der Waals surface area contributed by atoms with Crippen LogP contribution in [0, 0.1) is 0 Å².